The zero-order valence-electron chi connectivity index (χ0n) is 8.23. The van der Waals surface area contributed by atoms with E-state index in [1.165, 1.54) is 11.3 Å². The van der Waals surface area contributed by atoms with Gasteiger partial charge in [0.25, 0.3) is 0 Å². The molecule has 0 unspecified atom stereocenters. The van der Waals surface area contributed by atoms with E-state index < -0.39 is 0 Å². The largest absolute Gasteiger partial charge is 0.461 e. The number of carbonyl (C=O) groups excluding carboxylic acids is 1. The van der Waals surface area contributed by atoms with Crippen LogP contribution in [0.1, 0.15) is 29.6 Å². The van der Waals surface area contributed by atoms with Crippen molar-refractivity contribution in [3.05, 3.63) is 22.4 Å². The Bertz CT molecular complexity index is 387. The SMILES string of the molecule is N#CCC1(COC(=O)c2ccsc2)CC1. The Morgan fingerprint density at radius 3 is 3.00 bits per heavy atom. The summed E-state index contributed by atoms with van der Waals surface area (Å²) in [5, 5.41) is 12.2. The molecule has 1 fully saturated rings. The van der Waals surface area contributed by atoms with E-state index in [1.54, 1.807) is 11.4 Å². The van der Waals surface area contributed by atoms with E-state index in [1.807, 2.05) is 5.38 Å². The van der Waals surface area contributed by atoms with Crippen LogP contribution < -0.4 is 0 Å². The number of ether oxygens (including phenoxy) is 1. The molecule has 0 bridgehead atoms. The summed E-state index contributed by atoms with van der Waals surface area (Å²) in [4.78, 5) is 11.5. The molecule has 3 nitrogen and oxygen atoms in total. The lowest BCUT2D eigenvalue weighted by atomic mass is 10.1. The Labute approximate surface area is 92.3 Å². The molecule has 0 atom stereocenters. The van der Waals surface area contributed by atoms with Gasteiger partial charge in [-0.3, -0.25) is 0 Å². The average molecular weight is 221 g/mol. The number of nitriles is 1. The standard InChI is InChI=1S/C11H11NO2S/c12-5-4-11(2-3-11)8-14-10(13)9-1-6-15-7-9/h1,6-7H,2-4,8H2. The van der Waals surface area contributed by atoms with Crippen LogP contribution in [-0.2, 0) is 4.74 Å². The fourth-order valence-corrected chi connectivity index (χ4v) is 2.02. The van der Waals surface area contributed by atoms with Gasteiger partial charge in [-0.15, -0.1) is 0 Å². The van der Waals surface area contributed by atoms with Crippen LogP contribution in [0.4, 0.5) is 0 Å². The molecule has 1 aliphatic carbocycles. The molecule has 0 saturated heterocycles. The van der Waals surface area contributed by atoms with Crippen LogP contribution in [0, 0.1) is 16.7 Å². The normalized spacial score (nSPS) is 16.7. The summed E-state index contributed by atoms with van der Waals surface area (Å²) in [6.07, 6.45) is 2.48. The van der Waals surface area contributed by atoms with Crippen LogP contribution in [-0.4, -0.2) is 12.6 Å². The first-order valence-electron chi connectivity index (χ1n) is 4.82. The Morgan fingerprint density at radius 1 is 1.67 bits per heavy atom. The molecule has 0 aromatic carbocycles. The van der Waals surface area contributed by atoms with Gasteiger partial charge in [0.2, 0.25) is 0 Å². The third-order valence-corrected chi connectivity index (χ3v) is 3.36. The third-order valence-electron chi connectivity index (χ3n) is 2.68. The van der Waals surface area contributed by atoms with Crippen molar-refractivity contribution in [1.29, 1.82) is 5.26 Å². The van der Waals surface area contributed by atoms with Crippen molar-refractivity contribution in [2.75, 3.05) is 6.61 Å². The van der Waals surface area contributed by atoms with Gasteiger partial charge in [-0.1, -0.05) is 0 Å². The topological polar surface area (TPSA) is 50.1 Å². The van der Waals surface area contributed by atoms with Crippen molar-refractivity contribution in [2.24, 2.45) is 5.41 Å². The number of nitrogens with zero attached hydrogens (tertiary/aromatic N) is 1. The fourth-order valence-electron chi connectivity index (χ4n) is 1.40. The number of hydrogen-bond acceptors (Lipinski definition) is 4. The van der Waals surface area contributed by atoms with Crippen molar-refractivity contribution in [1.82, 2.24) is 0 Å². The molecule has 2 rings (SSSR count). The minimum absolute atomic E-state index is 0.0273. The molecule has 78 valence electrons. The van der Waals surface area contributed by atoms with E-state index in [9.17, 15) is 4.79 Å². The summed E-state index contributed by atoms with van der Waals surface area (Å²) in [5.41, 5.74) is 0.577. The van der Waals surface area contributed by atoms with Gasteiger partial charge in [0.15, 0.2) is 0 Å². The van der Waals surface area contributed by atoms with E-state index >= 15 is 0 Å². The van der Waals surface area contributed by atoms with Crippen molar-refractivity contribution < 1.29 is 9.53 Å². The summed E-state index contributed by atoms with van der Waals surface area (Å²) >= 11 is 1.47. The van der Waals surface area contributed by atoms with E-state index in [2.05, 4.69) is 6.07 Å². The van der Waals surface area contributed by atoms with Gasteiger partial charge in [0.05, 0.1) is 18.2 Å². The van der Waals surface area contributed by atoms with E-state index in [-0.39, 0.29) is 11.4 Å². The van der Waals surface area contributed by atoms with E-state index in [4.69, 9.17) is 10.00 Å². The number of thiophene rings is 1. The Kier molecular flexibility index (Phi) is 2.74. The summed E-state index contributed by atoms with van der Waals surface area (Å²) in [6.45, 7) is 0.384. The third kappa shape index (κ3) is 2.37. The molecule has 1 aliphatic rings. The number of carbonyl (C=O) groups is 1. The highest BCUT2D eigenvalue weighted by atomic mass is 32.1. The summed E-state index contributed by atoms with van der Waals surface area (Å²) in [6, 6.07) is 3.89. The fraction of sp³-hybridized carbons (Fsp3) is 0.455. The van der Waals surface area contributed by atoms with Crippen molar-refractivity contribution >= 4 is 17.3 Å². The Hall–Kier alpha value is -1.34. The summed E-state index contributed by atoms with van der Waals surface area (Å²) in [7, 11) is 0. The molecule has 0 radical (unpaired) electrons. The maximum absolute atomic E-state index is 11.5. The second-order valence-corrected chi connectivity index (χ2v) is 4.70. The number of rotatable bonds is 4. The maximum Gasteiger partial charge on any atom is 0.338 e. The van der Waals surface area contributed by atoms with E-state index in [0.29, 0.717) is 18.6 Å². The first-order chi connectivity index (χ1) is 7.26. The molecule has 1 heterocycles. The van der Waals surface area contributed by atoms with Gasteiger partial charge in [0, 0.05) is 17.2 Å². The Morgan fingerprint density at radius 2 is 2.47 bits per heavy atom. The van der Waals surface area contributed by atoms with Crippen molar-refractivity contribution in [2.45, 2.75) is 19.3 Å². The van der Waals surface area contributed by atoms with Crippen LogP contribution in [0.5, 0.6) is 0 Å². The highest BCUT2D eigenvalue weighted by Crippen LogP contribution is 2.48. The molecular formula is C11H11NO2S. The monoisotopic (exact) mass is 221 g/mol. The minimum atomic E-state index is -0.277. The smallest absolute Gasteiger partial charge is 0.338 e. The van der Waals surface area contributed by atoms with Crippen LogP contribution in [0.15, 0.2) is 16.8 Å². The van der Waals surface area contributed by atoms with Gasteiger partial charge in [-0.25, -0.2) is 4.79 Å². The number of esters is 1. The lowest BCUT2D eigenvalue weighted by molar-refractivity contribution is 0.0420. The van der Waals surface area contributed by atoms with Gasteiger partial charge in [-0.05, 0) is 24.3 Å². The molecule has 4 heteroatoms. The van der Waals surface area contributed by atoms with Crippen molar-refractivity contribution in [3.8, 4) is 6.07 Å². The summed E-state index contributed by atoms with van der Waals surface area (Å²) in [5.74, 6) is -0.277. The van der Waals surface area contributed by atoms with Crippen LogP contribution in [0.25, 0.3) is 0 Å². The molecule has 0 amide bonds. The van der Waals surface area contributed by atoms with Gasteiger partial charge in [-0.2, -0.15) is 16.6 Å². The van der Waals surface area contributed by atoms with Gasteiger partial charge in [0.1, 0.15) is 0 Å². The zero-order valence-corrected chi connectivity index (χ0v) is 9.05. The van der Waals surface area contributed by atoms with Gasteiger partial charge < -0.3 is 4.74 Å². The summed E-state index contributed by atoms with van der Waals surface area (Å²) < 4.78 is 5.18. The highest BCUT2D eigenvalue weighted by Gasteiger charge is 2.43. The maximum atomic E-state index is 11.5. The lowest BCUT2D eigenvalue weighted by Crippen LogP contribution is -2.14. The van der Waals surface area contributed by atoms with Crippen molar-refractivity contribution in [3.63, 3.8) is 0 Å². The zero-order chi connectivity index (χ0) is 10.7. The van der Waals surface area contributed by atoms with Crippen LogP contribution in [0.2, 0.25) is 0 Å². The van der Waals surface area contributed by atoms with Crippen LogP contribution >= 0.6 is 11.3 Å². The Balaban J connectivity index is 1.84. The molecule has 1 aromatic rings. The first-order valence-corrected chi connectivity index (χ1v) is 5.76. The van der Waals surface area contributed by atoms with Gasteiger partial charge >= 0.3 is 5.97 Å². The second kappa shape index (κ2) is 4.03. The predicted octanol–water partition coefficient (Wildman–Crippen LogP) is 2.60. The molecular weight excluding hydrogens is 210 g/mol. The molecule has 1 aromatic heterocycles. The quantitative estimate of drug-likeness (QED) is 0.734. The average Bonchev–Trinajstić information content (AvgIpc) is 2.81. The first kappa shape index (κ1) is 10.2. The highest BCUT2D eigenvalue weighted by molar-refractivity contribution is 7.08. The molecule has 0 N–H and O–H groups in total. The molecule has 0 aliphatic heterocycles. The predicted molar refractivity (Wildman–Crippen MR) is 56.5 cm³/mol. The second-order valence-electron chi connectivity index (χ2n) is 3.92. The van der Waals surface area contributed by atoms with E-state index in [0.717, 1.165) is 12.8 Å². The van der Waals surface area contributed by atoms with Crippen LogP contribution in [0.3, 0.4) is 0 Å². The lowest BCUT2D eigenvalue weighted by Gasteiger charge is -2.10. The molecule has 0 spiro atoms. The molecule has 1 saturated carbocycles. The molecule has 15 heavy (non-hydrogen) atoms. The number of hydrogen-bond donors (Lipinski definition) is 0. The minimum Gasteiger partial charge on any atom is -0.461 e.